The fourth-order valence-corrected chi connectivity index (χ4v) is 3.56. The number of aromatic nitrogens is 1. The highest BCUT2D eigenvalue weighted by molar-refractivity contribution is 6.04. The molecule has 0 fully saturated rings. The number of nitrogens with zero attached hydrogens (tertiary/aromatic N) is 1. The number of rotatable bonds is 7. The van der Waals surface area contributed by atoms with Crippen LogP contribution in [0.15, 0.2) is 102 Å². The maximum absolute atomic E-state index is 12.8. The monoisotopic (exact) mass is 451 g/mol. The van der Waals surface area contributed by atoms with Gasteiger partial charge in [0.15, 0.2) is 0 Å². The van der Waals surface area contributed by atoms with Crippen LogP contribution in [0.1, 0.15) is 37.4 Å². The Hall–Kier alpha value is -4.45. The van der Waals surface area contributed by atoms with E-state index in [1.807, 2.05) is 61.5 Å². The van der Waals surface area contributed by atoms with Crippen molar-refractivity contribution in [2.45, 2.75) is 20.0 Å². The van der Waals surface area contributed by atoms with Gasteiger partial charge < -0.3 is 15.2 Å². The number of pyridine rings is 1. The second-order valence-corrected chi connectivity index (χ2v) is 8.04. The van der Waals surface area contributed by atoms with Crippen molar-refractivity contribution in [3.05, 3.63) is 135 Å². The van der Waals surface area contributed by atoms with Crippen LogP contribution in [0, 0.1) is 6.92 Å². The minimum atomic E-state index is -0.443. The molecule has 3 aromatic carbocycles. The van der Waals surface area contributed by atoms with Crippen molar-refractivity contribution in [1.29, 1.82) is 0 Å². The highest BCUT2D eigenvalue weighted by Gasteiger charge is 2.13. The molecular formula is C28H25N3O3. The zero-order valence-corrected chi connectivity index (χ0v) is 18.8. The molecule has 0 unspecified atom stereocenters. The van der Waals surface area contributed by atoms with Crippen molar-refractivity contribution in [3.63, 3.8) is 0 Å². The molecule has 0 aliphatic heterocycles. The standard InChI is InChI=1S/C28H25N3O3/c1-20-12-14-23(15-13-20)26(32)30-24-10-5-9-22(17-24)18-29-27(33)25-11-6-16-31(28(25)34)19-21-7-3-2-4-8-21/h2-17H,18-19H2,1H3,(H,29,33)(H,30,32). The lowest BCUT2D eigenvalue weighted by atomic mass is 10.1. The van der Waals surface area contributed by atoms with Crippen LogP contribution in [-0.4, -0.2) is 16.4 Å². The summed E-state index contributed by atoms with van der Waals surface area (Å²) in [5.41, 5.74) is 3.80. The molecule has 1 heterocycles. The minimum absolute atomic E-state index is 0.0854. The number of carbonyl (C=O) groups is 2. The third kappa shape index (κ3) is 5.66. The molecule has 0 aliphatic rings. The van der Waals surface area contributed by atoms with Gasteiger partial charge in [0.2, 0.25) is 0 Å². The zero-order valence-electron chi connectivity index (χ0n) is 18.8. The first-order valence-electron chi connectivity index (χ1n) is 11.0. The summed E-state index contributed by atoms with van der Waals surface area (Å²) in [7, 11) is 0. The van der Waals surface area contributed by atoms with Crippen molar-refractivity contribution < 1.29 is 9.59 Å². The number of hydrogen-bond donors (Lipinski definition) is 2. The Bertz CT molecular complexity index is 1360. The van der Waals surface area contributed by atoms with E-state index in [4.69, 9.17) is 0 Å². The van der Waals surface area contributed by atoms with Gasteiger partial charge in [-0.2, -0.15) is 0 Å². The van der Waals surface area contributed by atoms with Crippen LogP contribution < -0.4 is 16.2 Å². The quantitative estimate of drug-likeness (QED) is 0.437. The van der Waals surface area contributed by atoms with E-state index < -0.39 is 5.91 Å². The molecule has 170 valence electrons. The fourth-order valence-electron chi connectivity index (χ4n) is 3.56. The number of carbonyl (C=O) groups excluding carboxylic acids is 2. The van der Waals surface area contributed by atoms with Gasteiger partial charge in [-0.25, -0.2) is 0 Å². The summed E-state index contributed by atoms with van der Waals surface area (Å²) in [6.45, 7) is 2.58. The predicted octanol–water partition coefficient (Wildman–Crippen LogP) is 4.39. The molecule has 0 bridgehead atoms. The van der Waals surface area contributed by atoms with Crippen LogP contribution in [-0.2, 0) is 13.1 Å². The molecule has 0 spiro atoms. The van der Waals surface area contributed by atoms with Gasteiger partial charge in [0.1, 0.15) is 5.56 Å². The number of amides is 2. The van der Waals surface area contributed by atoms with Crippen LogP contribution in [0.3, 0.4) is 0 Å². The van der Waals surface area contributed by atoms with E-state index in [0.717, 1.165) is 16.7 Å². The zero-order chi connectivity index (χ0) is 23.9. The van der Waals surface area contributed by atoms with Gasteiger partial charge in [0.25, 0.3) is 17.4 Å². The van der Waals surface area contributed by atoms with E-state index in [9.17, 15) is 14.4 Å². The second kappa shape index (κ2) is 10.4. The lowest BCUT2D eigenvalue weighted by Gasteiger charge is -2.10. The van der Waals surface area contributed by atoms with Crippen molar-refractivity contribution >= 4 is 17.5 Å². The predicted molar refractivity (Wildman–Crippen MR) is 133 cm³/mol. The Morgan fingerprint density at radius 3 is 2.29 bits per heavy atom. The summed E-state index contributed by atoms with van der Waals surface area (Å²) in [4.78, 5) is 38.0. The van der Waals surface area contributed by atoms with Gasteiger partial charge in [0, 0.05) is 24.0 Å². The molecule has 0 aliphatic carbocycles. The Morgan fingerprint density at radius 2 is 1.53 bits per heavy atom. The van der Waals surface area contributed by atoms with Gasteiger partial charge in [-0.1, -0.05) is 60.2 Å². The largest absolute Gasteiger partial charge is 0.348 e. The molecular weight excluding hydrogens is 426 g/mol. The molecule has 2 amide bonds. The molecule has 0 radical (unpaired) electrons. The van der Waals surface area contributed by atoms with Crippen molar-refractivity contribution in [1.82, 2.24) is 9.88 Å². The number of hydrogen-bond acceptors (Lipinski definition) is 3. The van der Waals surface area contributed by atoms with Crippen LogP contribution in [0.2, 0.25) is 0 Å². The topological polar surface area (TPSA) is 80.2 Å². The van der Waals surface area contributed by atoms with E-state index in [1.54, 1.807) is 36.5 Å². The summed E-state index contributed by atoms with van der Waals surface area (Å²) < 4.78 is 1.52. The first-order valence-corrected chi connectivity index (χ1v) is 11.0. The molecule has 1 aromatic heterocycles. The van der Waals surface area contributed by atoms with Crippen LogP contribution >= 0.6 is 0 Å². The summed E-state index contributed by atoms with van der Waals surface area (Å²) in [5.74, 6) is -0.647. The molecule has 6 heteroatoms. The van der Waals surface area contributed by atoms with Crippen molar-refractivity contribution in [2.75, 3.05) is 5.32 Å². The maximum atomic E-state index is 12.8. The van der Waals surface area contributed by atoms with E-state index in [1.165, 1.54) is 10.6 Å². The van der Waals surface area contributed by atoms with Gasteiger partial charge >= 0.3 is 0 Å². The lowest BCUT2D eigenvalue weighted by Crippen LogP contribution is -2.32. The SMILES string of the molecule is Cc1ccc(C(=O)Nc2cccc(CNC(=O)c3cccn(Cc4ccccc4)c3=O)c2)cc1. The van der Waals surface area contributed by atoms with Crippen LogP contribution in [0.4, 0.5) is 5.69 Å². The maximum Gasteiger partial charge on any atom is 0.263 e. The number of nitrogens with one attached hydrogen (secondary N) is 2. The average molecular weight is 452 g/mol. The number of aryl methyl sites for hydroxylation is 1. The molecule has 2 N–H and O–H groups in total. The van der Waals surface area contributed by atoms with E-state index in [2.05, 4.69) is 10.6 Å². The molecule has 0 saturated heterocycles. The highest BCUT2D eigenvalue weighted by atomic mass is 16.2. The average Bonchev–Trinajstić information content (AvgIpc) is 2.85. The Labute approximate surface area is 197 Å². The third-order valence-electron chi connectivity index (χ3n) is 5.41. The molecule has 4 rings (SSSR count). The highest BCUT2D eigenvalue weighted by Crippen LogP contribution is 2.13. The second-order valence-electron chi connectivity index (χ2n) is 8.04. The molecule has 34 heavy (non-hydrogen) atoms. The fraction of sp³-hybridized carbons (Fsp3) is 0.107. The molecule has 0 saturated carbocycles. The van der Waals surface area contributed by atoms with Gasteiger partial charge in [-0.3, -0.25) is 14.4 Å². The van der Waals surface area contributed by atoms with E-state index in [-0.39, 0.29) is 23.6 Å². The summed E-state index contributed by atoms with van der Waals surface area (Å²) in [6.07, 6.45) is 1.67. The minimum Gasteiger partial charge on any atom is -0.348 e. The lowest BCUT2D eigenvalue weighted by molar-refractivity contribution is 0.0947. The number of benzene rings is 3. The molecule has 0 atom stereocenters. The first-order chi connectivity index (χ1) is 16.5. The normalized spacial score (nSPS) is 10.5. The number of anilines is 1. The van der Waals surface area contributed by atoms with E-state index >= 15 is 0 Å². The van der Waals surface area contributed by atoms with Gasteiger partial charge in [-0.15, -0.1) is 0 Å². The Morgan fingerprint density at radius 1 is 0.794 bits per heavy atom. The van der Waals surface area contributed by atoms with Crippen LogP contribution in [0.5, 0.6) is 0 Å². The van der Waals surface area contributed by atoms with Crippen molar-refractivity contribution in [3.8, 4) is 0 Å². The Kier molecular flexibility index (Phi) is 6.98. The van der Waals surface area contributed by atoms with Crippen LogP contribution in [0.25, 0.3) is 0 Å². The molecule has 6 nitrogen and oxygen atoms in total. The summed E-state index contributed by atoms with van der Waals surface area (Å²) in [5, 5.41) is 5.67. The third-order valence-corrected chi connectivity index (χ3v) is 5.41. The van der Waals surface area contributed by atoms with Crippen molar-refractivity contribution in [2.24, 2.45) is 0 Å². The van der Waals surface area contributed by atoms with Gasteiger partial charge in [-0.05, 0) is 54.4 Å². The molecule has 4 aromatic rings. The van der Waals surface area contributed by atoms with Gasteiger partial charge in [0.05, 0.1) is 6.54 Å². The smallest absolute Gasteiger partial charge is 0.263 e. The first kappa shape index (κ1) is 22.7. The van der Waals surface area contributed by atoms with E-state index in [0.29, 0.717) is 17.8 Å². The summed E-state index contributed by atoms with van der Waals surface area (Å²) in [6, 6.07) is 27.4. The summed E-state index contributed by atoms with van der Waals surface area (Å²) >= 11 is 0. The Balaban J connectivity index is 1.40.